The lowest BCUT2D eigenvalue weighted by molar-refractivity contribution is 0.0240. The molecular formula is C38H38BrCl2N7O6S. The van der Waals surface area contributed by atoms with Gasteiger partial charge in [0, 0.05) is 80.4 Å². The van der Waals surface area contributed by atoms with Gasteiger partial charge in [0.1, 0.15) is 17.1 Å². The molecule has 1 aliphatic rings. The fourth-order valence-electron chi connectivity index (χ4n) is 5.93. The van der Waals surface area contributed by atoms with Crippen molar-refractivity contribution >= 4 is 89.7 Å². The van der Waals surface area contributed by atoms with E-state index in [4.69, 9.17) is 32.9 Å². The van der Waals surface area contributed by atoms with Crippen LogP contribution in [0, 0.1) is 0 Å². The Labute approximate surface area is 337 Å². The molecule has 0 unspecified atom stereocenters. The number of piperazine rings is 1. The van der Waals surface area contributed by atoms with Crippen molar-refractivity contribution in [2.24, 2.45) is 0 Å². The number of nitrogens with one attached hydrogen (secondary N) is 1. The molecule has 0 radical (unpaired) electrons. The summed E-state index contributed by atoms with van der Waals surface area (Å²) in [6, 6.07) is 14.9. The van der Waals surface area contributed by atoms with Crippen molar-refractivity contribution in [1.29, 1.82) is 0 Å². The molecule has 1 fully saturated rings. The number of amides is 1. The minimum atomic E-state index is -3.90. The van der Waals surface area contributed by atoms with Crippen molar-refractivity contribution in [3.63, 3.8) is 0 Å². The van der Waals surface area contributed by atoms with Gasteiger partial charge in [-0.25, -0.2) is 14.8 Å². The average molecular weight is 872 g/mol. The first-order chi connectivity index (χ1) is 26.0. The van der Waals surface area contributed by atoms with Crippen LogP contribution in [0.3, 0.4) is 0 Å². The molecule has 55 heavy (non-hydrogen) atoms. The molecule has 1 aliphatic heterocycles. The number of fused-ring (bicyclic) bond motifs is 1. The predicted octanol–water partition coefficient (Wildman–Crippen LogP) is 7.75. The van der Waals surface area contributed by atoms with Gasteiger partial charge in [0.2, 0.25) is 0 Å². The maximum absolute atomic E-state index is 14.4. The first-order valence-electron chi connectivity index (χ1n) is 17.3. The second kappa shape index (κ2) is 15.9. The van der Waals surface area contributed by atoms with Crippen molar-refractivity contribution < 1.29 is 27.5 Å². The van der Waals surface area contributed by atoms with E-state index in [0.717, 1.165) is 10.1 Å². The van der Waals surface area contributed by atoms with E-state index in [1.165, 1.54) is 23.9 Å². The lowest BCUT2D eigenvalue weighted by atomic mass is 10.0. The molecule has 1 N–H and O–H groups in total. The van der Waals surface area contributed by atoms with E-state index in [0.29, 0.717) is 42.7 Å². The molecule has 0 spiro atoms. The predicted molar refractivity (Wildman–Crippen MR) is 218 cm³/mol. The number of halogens is 3. The number of carbonyl (C=O) groups is 3. The zero-order valence-corrected chi connectivity index (χ0v) is 34.6. The van der Waals surface area contributed by atoms with E-state index in [1.807, 2.05) is 32.9 Å². The molecule has 0 atom stereocenters. The maximum atomic E-state index is 14.4. The van der Waals surface area contributed by atoms with Crippen molar-refractivity contribution in [3.05, 3.63) is 104 Å². The van der Waals surface area contributed by atoms with E-state index in [9.17, 15) is 22.8 Å². The zero-order chi connectivity index (χ0) is 39.8. The van der Waals surface area contributed by atoms with Gasteiger partial charge in [-0.05, 0) is 79.2 Å². The molecule has 288 valence electrons. The molecule has 4 heterocycles. The number of ether oxygens (including phenoxy) is 1. The number of aromatic nitrogens is 3. The monoisotopic (exact) mass is 869 g/mol. The number of hydrogen-bond donors (Lipinski definition) is 1. The van der Waals surface area contributed by atoms with Gasteiger partial charge in [0.05, 0.1) is 31.3 Å². The van der Waals surface area contributed by atoms with Crippen LogP contribution >= 0.6 is 39.1 Å². The Bertz CT molecular complexity index is 2390. The first kappa shape index (κ1) is 40.1. The molecule has 13 nitrogen and oxygen atoms in total. The highest BCUT2D eigenvalue weighted by atomic mass is 79.9. The third kappa shape index (κ3) is 8.50. The number of rotatable bonds is 9. The molecular weight excluding hydrogens is 833 g/mol. The molecule has 5 aromatic rings. The summed E-state index contributed by atoms with van der Waals surface area (Å²) in [5.74, 6) is -0.367. The molecule has 3 aromatic heterocycles. The first-order valence-corrected chi connectivity index (χ1v) is 20.2. The van der Waals surface area contributed by atoms with Crippen LogP contribution in [-0.4, -0.2) is 95.3 Å². The number of benzene rings is 2. The van der Waals surface area contributed by atoms with Crippen LogP contribution in [0.4, 0.5) is 16.3 Å². The SMILES string of the molecule is CCN(C)S(=O)(=O)Nc1cccc(C(=O)c2cn(C(=O)c3c(Cl)cccc3Cl)c3ncc(-c4ccc(N5CCN(C(=O)OC(C)(C)C)CC5)nc4)cc23)c1Br. The van der Waals surface area contributed by atoms with Gasteiger partial charge >= 0.3 is 16.3 Å². The lowest BCUT2D eigenvalue weighted by Crippen LogP contribution is -2.50. The summed E-state index contributed by atoms with van der Waals surface area (Å²) < 4.78 is 36.3. The molecule has 17 heteroatoms. The van der Waals surface area contributed by atoms with Gasteiger partial charge in [-0.1, -0.05) is 42.3 Å². The maximum Gasteiger partial charge on any atom is 0.410 e. The van der Waals surface area contributed by atoms with Crippen LogP contribution in [0.1, 0.15) is 54.0 Å². The highest BCUT2D eigenvalue weighted by Crippen LogP contribution is 2.35. The summed E-state index contributed by atoms with van der Waals surface area (Å²) in [5.41, 5.74) is 1.40. The largest absolute Gasteiger partial charge is 0.444 e. The van der Waals surface area contributed by atoms with Crippen molar-refractivity contribution in [3.8, 4) is 11.1 Å². The quantitative estimate of drug-likeness (QED) is 0.147. The standard InChI is InChI=1S/C38H38BrCl2N7O6S/c1-6-45(5)55(52,53)44-30-12-7-9-25(33(30)39)34(49)27-22-48(36(50)32-28(40)10-8-11-29(32)41)35-26(27)19-24(21-43-35)23-13-14-31(42-20-23)46-15-17-47(18-16-46)37(51)54-38(2,3)4/h7-14,19-22,44H,6,15-18H2,1-5H3. The van der Waals surface area contributed by atoms with Gasteiger partial charge in [0.25, 0.3) is 5.91 Å². The Morgan fingerprint density at radius 1 is 0.927 bits per heavy atom. The normalized spacial score (nSPS) is 13.7. The Kier molecular flexibility index (Phi) is 11.6. The van der Waals surface area contributed by atoms with Gasteiger partial charge in [-0.2, -0.15) is 12.7 Å². The number of anilines is 2. The Morgan fingerprint density at radius 2 is 1.58 bits per heavy atom. The van der Waals surface area contributed by atoms with E-state index in [2.05, 4.69) is 30.5 Å². The van der Waals surface area contributed by atoms with Gasteiger partial charge in [-0.3, -0.25) is 18.9 Å². The van der Waals surface area contributed by atoms with E-state index in [1.54, 1.807) is 60.6 Å². The number of ketones is 1. The molecule has 1 amide bonds. The summed E-state index contributed by atoms with van der Waals surface area (Å²) in [6.07, 6.45) is 4.33. The Balaban J connectivity index is 1.36. The van der Waals surface area contributed by atoms with Crippen LogP contribution < -0.4 is 9.62 Å². The van der Waals surface area contributed by atoms with Crippen LogP contribution in [0.2, 0.25) is 10.0 Å². The van der Waals surface area contributed by atoms with Gasteiger partial charge in [0.15, 0.2) is 5.78 Å². The smallest absolute Gasteiger partial charge is 0.410 e. The van der Waals surface area contributed by atoms with E-state index < -0.39 is 27.5 Å². The highest BCUT2D eigenvalue weighted by Gasteiger charge is 2.28. The summed E-state index contributed by atoms with van der Waals surface area (Å²) in [6.45, 7) is 9.58. The lowest BCUT2D eigenvalue weighted by Gasteiger charge is -2.36. The van der Waals surface area contributed by atoms with E-state index >= 15 is 0 Å². The van der Waals surface area contributed by atoms with Crippen LogP contribution in [0.15, 0.2) is 77.7 Å². The third-order valence-electron chi connectivity index (χ3n) is 8.96. The summed E-state index contributed by atoms with van der Waals surface area (Å²) in [7, 11) is -2.47. The zero-order valence-electron chi connectivity index (χ0n) is 30.6. The van der Waals surface area contributed by atoms with Gasteiger partial charge in [-0.15, -0.1) is 0 Å². The van der Waals surface area contributed by atoms with Crippen LogP contribution in [0.5, 0.6) is 0 Å². The highest BCUT2D eigenvalue weighted by molar-refractivity contribution is 9.10. The van der Waals surface area contributed by atoms with Crippen molar-refractivity contribution in [2.75, 3.05) is 49.4 Å². The second-order valence-electron chi connectivity index (χ2n) is 13.8. The Hall–Kier alpha value is -4.54. The molecule has 2 aromatic carbocycles. The summed E-state index contributed by atoms with van der Waals surface area (Å²) >= 11 is 16.3. The van der Waals surface area contributed by atoms with E-state index in [-0.39, 0.29) is 55.2 Å². The molecule has 0 bridgehead atoms. The second-order valence-corrected chi connectivity index (χ2v) is 17.2. The number of carbonyl (C=O) groups excluding carboxylic acids is 3. The fourth-order valence-corrected chi connectivity index (χ4v) is 8.11. The molecule has 0 saturated carbocycles. The van der Waals surface area contributed by atoms with Crippen molar-refractivity contribution in [2.45, 2.75) is 33.3 Å². The summed E-state index contributed by atoms with van der Waals surface area (Å²) in [5, 5.41) is 0.604. The topological polar surface area (TPSA) is 147 Å². The molecule has 1 saturated heterocycles. The Morgan fingerprint density at radius 3 is 2.20 bits per heavy atom. The number of hydrogen-bond acceptors (Lipinski definition) is 9. The molecule has 0 aliphatic carbocycles. The third-order valence-corrected chi connectivity index (χ3v) is 12.0. The number of pyridine rings is 2. The minimum Gasteiger partial charge on any atom is -0.444 e. The summed E-state index contributed by atoms with van der Waals surface area (Å²) in [4.78, 5) is 54.1. The van der Waals surface area contributed by atoms with Crippen LogP contribution in [-0.2, 0) is 14.9 Å². The van der Waals surface area contributed by atoms with Gasteiger partial charge < -0.3 is 14.5 Å². The minimum absolute atomic E-state index is 0.0388. The average Bonchev–Trinajstić information content (AvgIpc) is 3.53. The fraction of sp³-hybridized carbons (Fsp3) is 0.289. The number of nitrogens with zero attached hydrogens (tertiary/aromatic N) is 6. The molecule has 6 rings (SSSR count). The van der Waals surface area contributed by atoms with Crippen LogP contribution in [0.25, 0.3) is 22.2 Å². The van der Waals surface area contributed by atoms with Crippen molar-refractivity contribution in [1.82, 2.24) is 23.7 Å².